The summed E-state index contributed by atoms with van der Waals surface area (Å²) in [6.45, 7) is 3.73. The molecule has 2 saturated heterocycles. The zero-order valence-corrected chi connectivity index (χ0v) is 9.40. The summed E-state index contributed by atoms with van der Waals surface area (Å²) in [5.74, 6) is -0.0599. The number of nitrogens with two attached hydrogens (primary N) is 1. The molecule has 2 unspecified atom stereocenters. The van der Waals surface area contributed by atoms with Crippen molar-refractivity contribution in [2.45, 2.75) is 57.4 Å². The SMILES string of the molecule is CC(N)C(C)C(=O)N[C@@H]1C[C@H]2CC[C@@H]1O2. The Balaban J connectivity index is 1.85. The molecule has 5 atom stereocenters. The molecule has 86 valence electrons. The van der Waals surface area contributed by atoms with E-state index in [0.717, 1.165) is 19.3 Å². The van der Waals surface area contributed by atoms with Crippen LogP contribution in [0.25, 0.3) is 0 Å². The number of rotatable bonds is 3. The summed E-state index contributed by atoms with van der Waals surface area (Å²) in [6, 6.07) is 0.127. The molecule has 0 saturated carbocycles. The van der Waals surface area contributed by atoms with Gasteiger partial charge in [-0.05, 0) is 26.2 Å². The van der Waals surface area contributed by atoms with Crippen LogP contribution in [-0.4, -0.2) is 30.2 Å². The molecule has 2 bridgehead atoms. The normalized spacial score (nSPS) is 37.7. The van der Waals surface area contributed by atoms with Gasteiger partial charge in [0, 0.05) is 12.0 Å². The standard InChI is InChI=1S/C11H20N2O2/c1-6(7(2)12)11(14)13-9-5-8-3-4-10(9)15-8/h6-10H,3-5,12H2,1-2H3,(H,13,14)/t6?,7?,8-,9-,10+/m1/s1. The maximum atomic E-state index is 11.8. The predicted octanol–water partition coefficient (Wildman–Crippen LogP) is 0.406. The van der Waals surface area contributed by atoms with Crippen molar-refractivity contribution in [1.82, 2.24) is 5.32 Å². The highest BCUT2D eigenvalue weighted by molar-refractivity contribution is 5.79. The van der Waals surface area contributed by atoms with E-state index in [1.165, 1.54) is 0 Å². The van der Waals surface area contributed by atoms with Gasteiger partial charge >= 0.3 is 0 Å². The van der Waals surface area contributed by atoms with Gasteiger partial charge in [-0.2, -0.15) is 0 Å². The third-order valence-corrected chi connectivity index (χ3v) is 3.64. The van der Waals surface area contributed by atoms with Crippen LogP contribution in [0, 0.1) is 5.92 Å². The molecule has 2 fully saturated rings. The first-order valence-corrected chi connectivity index (χ1v) is 5.79. The Morgan fingerprint density at radius 1 is 1.47 bits per heavy atom. The monoisotopic (exact) mass is 212 g/mol. The summed E-state index contributed by atoms with van der Waals surface area (Å²) in [5.41, 5.74) is 5.69. The van der Waals surface area contributed by atoms with Crippen LogP contribution >= 0.6 is 0 Å². The van der Waals surface area contributed by atoms with Crippen molar-refractivity contribution in [3.8, 4) is 0 Å². The number of hydrogen-bond acceptors (Lipinski definition) is 3. The molecule has 0 spiro atoms. The number of carbonyl (C=O) groups excluding carboxylic acids is 1. The summed E-state index contributed by atoms with van der Waals surface area (Å²) in [7, 11) is 0. The van der Waals surface area contributed by atoms with Gasteiger partial charge in [-0.3, -0.25) is 4.79 Å². The average Bonchev–Trinajstić information content (AvgIpc) is 2.77. The van der Waals surface area contributed by atoms with Crippen LogP contribution < -0.4 is 11.1 Å². The van der Waals surface area contributed by atoms with Gasteiger partial charge in [0.05, 0.1) is 18.2 Å². The third kappa shape index (κ3) is 2.16. The van der Waals surface area contributed by atoms with Gasteiger partial charge in [-0.25, -0.2) is 0 Å². The van der Waals surface area contributed by atoms with Crippen molar-refractivity contribution < 1.29 is 9.53 Å². The van der Waals surface area contributed by atoms with Crippen LogP contribution in [0.4, 0.5) is 0 Å². The van der Waals surface area contributed by atoms with Crippen LogP contribution in [-0.2, 0) is 9.53 Å². The molecular formula is C11H20N2O2. The molecule has 0 radical (unpaired) electrons. The molecule has 0 aromatic carbocycles. The smallest absolute Gasteiger partial charge is 0.224 e. The minimum atomic E-state index is -0.121. The van der Waals surface area contributed by atoms with Gasteiger partial charge < -0.3 is 15.8 Å². The maximum Gasteiger partial charge on any atom is 0.224 e. The van der Waals surface area contributed by atoms with E-state index in [1.807, 2.05) is 13.8 Å². The van der Waals surface area contributed by atoms with Crippen LogP contribution in [0.3, 0.4) is 0 Å². The zero-order chi connectivity index (χ0) is 11.0. The summed E-state index contributed by atoms with van der Waals surface area (Å²) in [6.07, 6.45) is 3.84. The lowest BCUT2D eigenvalue weighted by molar-refractivity contribution is -0.126. The lowest BCUT2D eigenvalue weighted by Crippen LogP contribution is -2.46. The molecule has 1 amide bonds. The Morgan fingerprint density at radius 3 is 2.67 bits per heavy atom. The number of hydrogen-bond donors (Lipinski definition) is 2. The quantitative estimate of drug-likeness (QED) is 0.712. The third-order valence-electron chi connectivity index (χ3n) is 3.64. The Morgan fingerprint density at radius 2 is 2.20 bits per heavy atom. The topological polar surface area (TPSA) is 64.4 Å². The second kappa shape index (κ2) is 4.10. The molecule has 4 nitrogen and oxygen atoms in total. The molecular weight excluding hydrogens is 192 g/mol. The van der Waals surface area contributed by atoms with Gasteiger partial charge in [-0.15, -0.1) is 0 Å². The molecule has 0 aliphatic carbocycles. The van der Waals surface area contributed by atoms with Crippen molar-refractivity contribution in [2.75, 3.05) is 0 Å². The van der Waals surface area contributed by atoms with E-state index in [2.05, 4.69) is 5.32 Å². The number of carbonyl (C=O) groups is 1. The summed E-state index contributed by atoms with van der Waals surface area (Å²) >= 11 is 0. The summed E-state index contributed by atoms with van der Waals surface area (Å²) in [4.78, 5) is 11.8. The van der Waals surface area contributed by atoms with Crippen LogP contribution in [0.2, 0.25) is 0 Å². The van der Waals surface area contributed by atoms with Gasteiger partial charge in [-0.1, -0.05) is 6.92 Å². The van der Waals surface area contributed by atoms with E-state index in [0.29, 0.717) is 6.10 Å². The molecule has 4 heteroatoms. The van der Waals surface area contributed by atoms with Gasteiger partial charge in [0.15, 0.2) is 0 Å². The predicted molar refractivity (Wildman–Crippen MR) is 57.3 cm³/mol. The zero-order valence-electron chi connectivity index (χ0n) is 9.40. The van der Waals surface area contributed by atoms with E-state index < -0.39 is 0 Å². The van der Waals surface area contributed by atoms with Crippen molar-refractivity contribution in [1.29, 1.82) is 0 Å². The number of amides is 1. The highest BCUT2D eigenvalue weighted by Gasteiger charge is 2.41. The fourth-order valence-electron chi connectivity index (χ4n) is 2.34. The largest absolute Gasteiger partial charge is 0.373 e. The molecule has 0 aromatic rings. The first-order valence-electron chi connectivity index (χ1n) is 5.79. The van der Waals surface area contributed by atoms with E-state index >= 15 is 0 Å². The minimum absolute atomic E-state index is 0.0613. The summed E-state index contributed by atoms with van der Waals surface area (Å²) < 4.78 is 5.68. The van der Waals surface area contributed by atoms with Crippen LogP contribution in [0.1, 0.15) is 33.1 Å². The summed E-state index contributed by atoms with van der Waals surface area (Å²) in [5, 5.41) is 3.05. The van der Waals surface area contributed by atoms with E-state index in [4.69, 9.17) is 10.5 Å². The molecule has 2 heterocycles. The van der Waals surface area contributed by atoms with Crippen molar-refractivity contribution in [3.05, 3.63) is 0 Å². The number of ether oxygens (including phenoxy) is 1. The first kappa shape index (κ1) is 10.9. The molecule has 15 heavy (non-hydrogen) atoms. The highest BCUT2D eigenvalue weighted by Crippen LogP contribution is 2.34. The lowest BCUT2D eigenvalue weighted by atomic mass is 9.94. The van der Waals surface area contributed by atoms with Gasteiger partial charge in [0.2, 0.25) is 5.91 Å². The molecule has 2 aliphatic rings. The second-order valence-corrected chi connectivity index (χ2v) is 4.87. The maximum absolute atomic E-state index is 11.8. The van der Waals surface area contributed by atoms with Gasteiger partial charge in [0.1, 0.15) is 0 Å². The number of fused-ring (bicyclic) bond motifs is 2. The first-order chi connectivity index (χ1) is 7.08. The van der Waals surface area contributed by atoms with Crippen LogP contribution in [0.5, 0.6) is 0 Å². The van der Waals surface area contributed by atoms with Gasteiger partial charge in [0.25, 0.3) is 0 Å². The Labute approximate surface area is 90.5 Å². The Hall–Kier alpha value is -0.610. The number of nitrogens with one attached hydrogen (secondary N) is 1. The second-order valence-electron chi connectivity index (χ2n) is 4.87. The molecule has 2 rings (SSSR count). The van der Waals surface area contributed by atoms with E-state index in [1.54, 1.807) is 0 Å². The fraction of sp³-hybridized carbons (Fsp3) is 0.909. The van der Waals surface area contributed by atoms with Crippen LogP contribution in [0.15, 0.2) is 0 Å². The van der Waals surface area contributed by atoms with Crippen molar-refractivity contribution >= 4 is 5.91 Å². The minimum Gasteiger partial charge on any atom is -0.373 e. The van der Waals surface area contributed by atoms with Crippen molar-refractivity contribution in [3.63, 3.8) is 0 Å². The van der Waals surface area contributed by atoms with E-state index in [9.17, 15) is 4.79 Å². The highest BCUT2D eigenvalue weighted by atomic mass is 16.5. The molecule has 3 N–H and O–H groups in total. The lowest BCUT2D eigenvalue weighted by Gasteiger charge is -2.23. The van der Waals surface area contributed by atoms with E-state index in [-0.39, 0.29) is 30.0 Å². The Bertz CT molecular complexity index is 255. The van der Waals surface area contributed by atoms with Crippen molar-refractivity contribution in [2.24, 2.45) is 11.7 Å². The molecule has 2 aliphatic heterocycles. The molecule has 0 aromatic heterocycles. The fourth-order valence-corrected chi connectivity index (χ4v) is 2.34. The Kier molecular flexibility index (Phi) is 2.98. The average molecular weight is 212 g/mol.